The highest BCUT2D eigenvalue weighted by atomic mass is 16.6. The van der Waals surface area contributed by atoms with Gasteiger partial charge in [0.25, 0.3) is 11.8 Å². The average molecular weight is 672 g/mol. The molecule has 1 aromatic carbocycles. The predicted octanol–water partition coefficient (Wildman–Crippen LogP) is 1.22. The van der Waals surface area contributed by atoms with Crippen molar-refractivity contribution in [1.29, 1.82) is 0 Å². The molecule has 2 saturated heterocycles. The maximum Gasteiger partial charge on any atom is 0.264 e. The molecule has 3 aliphatic heterocycles. The number of carbonyl (C=O) groups excluding carboxylic acids is 3. The van der Waals surface area contributed by atoms with Gasteiger partial charge in [-0.3, -0.25) is 14.4 Å². The number of amides is 3. The number of likely N-dealkylation sites (tertiary alicyclic amines) is 1. The molecular formula is C35H49N3O10. The summed E-state index contributed by atoms with van der Waals surface area (Å²) >= 11 is 0. The number of allylic oxidation sites excluding steroid dienone is 3. The van der Waals surface area contributed by atoms with Crippen LogP contribution in [0.4, 0.5) is 11.4 Å². The van der Waals surface area contributed by atoms with Gasteiger partial charge in [-0.25, -0.2) is 0 Å². The van der Waals surface area contributed by atoms with E-state index in [0.29, 0.717) is 12.2 Å². The van der Waals surface area contributed by atoms with E-state index in [1.165, 1.54) is 22.6 Å². The van der Waals surface area contributed by atoms with Gasteiger partial charge in [-0.2, -0.15) is 0 Å². The third kappa shape index (κ3) is 7.89. The Morgan fingerprint density at radius 3 is 2.52 bits per heavy atom. The van der Waals surface area contributed by atoms with Crippen LogP contribution in [0.3, 0.4) is 0 Å². The summed E-state index contributed by atoms with van der Waals surface area (Å²) in [4.78, 5) is 43.0. The second-order valence-corrected chi connectivity index (χ2v) is 13.2. The third-order valence-corrected chi connectivity index (χ3v) is 9.38. The third-order valence-electron chi connectivity index (χ3n) is 9.38. The van der Waals surface area contributed by atoms with Crippen LogP contribution >= 0.6 is 0 Å². The molecule has 3 aliphatic rings. The Morgan fingerprint density at radius 2 is 1.83 bits per heavy atom. The van der Waals surface area contributed by atoms with Crippen LogP contribution in [0.1, 0.15) is 65.4 Å². The van der Waals surface area contributed by atoms with E-state index in [9.17, 15) is 45.0 Å². The van der Waals surface area contributed by atoms with E-state index >= 15 is 0 Å². The fraction of sp³-hybridized carbons (Fsp3) is 0.571. The van der Waals surface area contributed by atoms with Crippen LogP contribution in [-0.4, -0.2) is 110 Å². The van der Waals surface area contributed by atoms with Crippen molar-refractivity contribution in [2.45, 2.75) is 102 Å². The minimum absolute atomic E-state index is 0.0293. The lowest BCUT2D eigenvalue weighted by Crippen LogP contribution is -2.60. The maximum absolute atomic E-state index is 14.0. The fourth-order valence-electron chi connectivity index (χ4n) is 6.42. The Bertz CT molecular complexity index is 1440. The highest BCUT2D eigenvalue weighted by Gasteiger charge is 2.53. The lowest BCUT2D eigenvalue weighted by Gasteiger charge is -2.37. The number of benzene rings is 1. The number of anilines is 2. The number of carbonyl (C=O) groups is 3. The first-order valence-electron chi connectivity index (χ1n) is 16.4. The van der Waals surface area contributed by atoms with Gasteiger partial charge in [0.2, 0.25) is 5.91 Å². The molecule has 0 aliphatic carbocycles. The first-order chi connectivity index (χ1) is 22.7. The summed E-state index contributed by atoms with van der Waals surface area (Å²) in [6.07, 6.45) is 1.41. The molecular weight excluding hydrogens is 622 g/mol. The molecule has 13 nitrogen and oxygen atoms in total. The topological polar surface area (TPSA) is 200 Å². The second kappa shape index (κ2) is 15.9. The molecule has 264 valence electrons. The van der Waals surface area contributed by atoms with Crippen LogP contribution in [0.5, 0.6) is 0 Å². The monoisotopic (exact) mass is 671 g/mol. The molecule has 13 heteroatoms. The molecule has 0 aromatic heterocycles. The van der Waals surface area contributed by atoms with E-state index in [1.54, 1.807) is 30.0 Å². The van der Waals surface area contributed by atoms with Gasteiger partial charge in [0, 0.05) is 36.7 Å². The smallest absolute Gasteiger partial charge is 0.264 e. The van der Waals surface area contributed by atoms with Gasteiger partial charge in [0.15, 0.2) is 18.0 Å². The van der Waals surface area contributed by atoms with Crippen molar-refractivity contribution in [3.8, 4) is 0 Å². The molecule has 8 atom stereocenters. The Kier molecular flexibility index (Phi) is 12.3. The van der Waals surface area contributed by atoms with Crippen molar-refractivity contribution in [1.82, 2.24) is 4.90 Å². The summed E-state index contributed by atoms with van der Waals surface area (Å²) in [5.41, 5.74) is 0.989. The van der Waals surface area contributed by atoms with E-state index in [4.69, 9.17) is 4.74 Å². The van der Waals surface area contributed by atoms with Gasteiger partial charge in [0.05, 0.1) is 18.3 Å². The van der Waals surface area contributed by atoms with Crippen LogP contribution in [-0.2, 0) is 24.7 Å². The predicted molar refractivity (Wildman–Crippen MR) is 177 cm³/mol. The lowest BCUT2D eigenvalue weighted by atomic mass is 9.82. The number of nitrogens with zero attached hydrogens (tertiary/aromatic N) is 2. The highest BCUT2D eigenvalue weighted by molar-refractivity contribution is 6.08. The molecule has 0 unspecified atom stereocenters. The van der Waals surface area contributed by atoms with Crippen molar-refractivity contribution in [3.05, 3.63) is 59.2 Å². The SMILES string of the molecule is CC(C)=CCC/C(C)=C/CN1C(=O)[C@@](O)([C@@H](C)/C=C/CC(=O)N2CCC[C@H]2CO)c2cc(NC(=O)[C@H]3O[C@@H](O)[C@H](O)[C@@H](O)[C@@H]3O)ccc21. The zero-order valence-corrected chi connectivity index (χ0v) is 28.0. The molecule has 3 amide bonds. The molecule has 2 fully saturated rings. The summed E-state index contributed by atoms with van der Waals surface area (Å²) in [7, 11) is 0. The van der Waals surface area contributed by atoms with Crippen molar-refractivity contribution in [2.75, 3.05) is 29.9 Å². The van der Waals surface area contributed by atoms with E-state index in [1.807, 2.05) is 26.8 Å². The summed E-state index contributed by atoms with van der Waals surface area (Å²) < 4.78 is 5.04. The van der Waals surface area contributed by atoms with Crippen molar-refractivity contribution >= 4 is 29.1 Å². The minimum atomic E-state index is -2.07. The van der Waals surface area contributed by atoms with Crippen LogP contribution in [0, 0.1) is 5.92 Å². The Morgan fingerprint density at radius 1 is 1.10 bits per heavy atom. The first-order valence-corrected chi connectivity index (χ1v) is 16.4. The Hall–Kier alpha value is -3.43. The Labute approximate surface area is 280 Å². The Balaban J connectivity index is 1.60. The van der Waals surface area contributed by atoms with Gasteiger partial charge >= 0.3 is 0 Å². The first kappa shape index (κ1) is 37.4. The van der Waals surface area contributed by atoms with Crippen LogP contribution in [0.15, 0.2) is 53.6 Å². The summed E-state index contributed by atoms with van der Waals surface area (Å²) in [6.45, 7) is 8.34. The standard InChI is InChI=1S/C35H49N3O10/c1-20(2)8-5-9-21(3)15-17-38-26-14-13-23(36-32(44)31-29(42)28(41)30(43)33(45)48-31)18-25(26)35(47,34(38)46)22(4)10-6-12-27(40)37-16-7-11-24(37)19-39/h6,8,10,13-15,18,22,24,28-31,33,39,41-43,45,47H,5,7,9,11-12,16-17,19H2,1-4H3,(H,36,44)/b10-6+,21-15+/t22-,24-,28-,29-,30+,31-,33+,35+/m0/s1. The molecule has 7 N–H and O–H groups in total. The number of nitrogens with one attached hydrogen (secondary N) is 1. The van der Waals surface area contributed by atoms with E-state index in [0.717, 1.165) is 31.3 Å². The van der Waals surface area contributed by atoms with Gasteiger partial charge in [0.1, 0.15) is 18.3 Å². The number of fused-ring (bicyclic) bond motifs is 1. The van der Waals surface area contributed by atoms with Gasteiger partial charge < -0.3 is 50.5 Å². The fourth-order valence-corrected chi connectivity index (χ4v) is 6.42. The van der Waals surface area contributed by atoms with Crippen molar-refractivity contribution in [3.63, 3.8) is 0 Å². The van der Waals surface area contributed by atoms with Crippen molar-refractivity contribution in [2.24, 2.45) is 5.92 Å². The molecule has 4 rings (SSSR count). The maximum atomic E-state index is 14.0. The second-order valence-electron chi connectivity index (χ2n) is 13.2. The number of hydrogen-bond acceptors (Lipinski definition) is 10. The van der Waals surface area contributed by atoms with E-state index in [2.05, 4.69) is 11.4 Å². The number of hydrogen-bond donors (Lipinski definition) is 7. The minimum Gasteiger partial charge on any atom is -0.394 e. The molecule has 0 bridgehead atoms. The van der Waals surface area contributed by atoms with Crippen LogP contribution in [0.2, 0.25) is 0 Å². The molecule has 0 spiro atoms. The molecule has 0 radical (unpaired) electrons. The zero-order chi connectivity index (χ0) is 35.3. The van der Waals surface area contributed by atoms with Crippen molar-refractivity contribution < 1.29 is 49.8 Å². The lowest BCUT2D eigenvalue weighted by molar-refractivity contribution is -0.274. The number of ether oxygens (including phenoxy) is 1. The number of aliphatic hydroxyl groups is 6. The number of aliphatic hydroxyl groups excluding tert-OH is 5. The number of rotatable bonds is 12. The molecule has 48 heavy (non-hydrogen) atoms. The highest BCUT2D eigenvalue weighted by Crippen LogP contribution is 2.46. The van der Waals surface area contributed by atoms with E-state index < -0.39 is 54.0 Å². The average Bonchev–Trinajstić information content (AvgIpc) is 3.61. The summed E-state index contributed by atoms with van der Waals surface area (Å²) in [5.74, 6) is -2.47. The molecule has 1 aromatic rings. The van der Waals surface area contributed by atoms with Gasteiger partial charge in [-0.15, -0.1) is 0 Å². The zero-order valence-electron chi connectivity index (χ0n) is 28.0. The molecule has 0 saturated carbocycles. The van der Waals surface area contributed by atoms with Gasteiger partial charge in [-0.1, -0.05) is 42.4 Å². The normalized spacial score (nSPS) is 29.7. The largest absolute Gasteiger partial charge is 0.394 e. The van der Waals surface area contributed by atoms with Gasteiger partial charge in [-0.05, 0) is 64.7 Å². The van der Waals surface area contributed by atoms with E-state index in [-0.39, 0.29) is 42.8 Å². The van der Waals surface area contributed by atoms with Crippen LogP contribution in [0.25, 0.3) is 0 Å². The quantitative estimate of drug-likeness (QED) is 0.159. The summed E-state index contributed by atoms with van der Waals surface area (Å²) in [6, 6.07) is 4.33. The van der Waals surface area contributed by atoms with Crippen LogP contribution < -0.4 is 10.2 Å². The summed E-state index contributed by atoms with van der Waals surface area (Å²) in [5, 5.41) is 64.2. The molecule has 3 heterocycles.